The minimum Gasteiger partial charge on any atom is -0.411 e. The molecule has 0 aliphatic carbocycles. The Morgan fingerprint density at radius 2 is 1.96 bits per heavy atom. The number of rotatable bonds is 3. The highest BCUT2D eigenvalue weighted by atomic mass is 35.5. The Kier molecular flexibility index (Phi) is 3.87. The maximum atomic E-state index is 13.5. The van der Waals surface area contributed by atoms with Gasteiger partial charge >= 0.3 is 0 Å². The van der Waals surface area contributed by atoms with Crippen molar-refractivity contribution in [2.45, 2.75) is 10.2 Å². The second-order valence-corrected chi connectivity index (χ2v) is 6.20. The molecule has 0 fully saturated rings. The van der Waals surface area contributed by atoms with E-state index in [0.29, 0.717) is 32.1 Å². The van der Waals surface area contributed by atoms with E-state index in [1.54, 1.807) is 24.3 Å². The predicted molar refractivity (Wildman–Crippen MR) is 88.4 cm³/mol. The number of nitrogens with zero attached hydrogens (tertiary/aromatic N) is 4. The van der Waals surface area contributed by atoms with Crippen molar-refractivity contribution in [3.8, 4) is 11.5 Å². The second-order valence-electron chi connectivity index (χ2n) is 4.83. The molecule has 0 aliphatic rings. The summed E-state index contributed by atoms with van der Waals surface area (Å²) in [7, 11) is 0. The quantitative estimate of drug-likeness (QED) is 0.498. The van der Waals surface area contributed by atoms with Gasteiger partial charge in [0.05, 0.1) is 5.52 Å². The molecule has 0 aliphatic heterocycles. The molecular weight excluding hydrogens is 351 g/mol. The van der Waals surface area contributed by atoms with Crippen LogP contribution < -0.4 is 0 Å². The summed E-state index contributed by atoms with van der Waals surface area (Å²) in [5.41, 5.74) is 1.36. The molecule has 2 aromatic carbocycles. The first-order valence-electron chi connectivity index (χ1n) is 6.86. The summed E-state index contributed by atoms with van der Waals surface area (Å²) in [5, 5.41) is 10.0. The Morgan fingerprint density at radius 1 is 1.04 bits per heavy atom. The van der Waals surface area contributed by atoms with Gasteiger partial charge in [-0.2, -0.15) is 0 Å². The predicted octanol–water partition coefficient (Wildman–Crippen LogP) is 4.62. The summed E-state index contributed by atoms with van der Waals surface area (Å²) in [5.74, 6) is -0.00571. The van der Waals surface area contributed by atoms with Crippen LogP contribution in [0.1, 0.15) is 0 Å². The van der Waals surface area contributed by atoms with Crippen LogP contribution >= 0.6 is 23.4 Å². The van der Waals surface area contributed by atoms with E-state index in [9.17, 15) is 4.39 Å². The zero-order chi connectivity index (χ0) is 16.5. The van der Waals surface area contributed by atoms with Crippen LogP contribution in [0, 0.1) is 5.82 Å². The van der Waals surface area contributed by atoms with Crippen molar-refractivity contribution >= 4 is 34.3 Å². The van der Waals surface area contributed by atoms with Crippen molar-refractivity contribution in [2.24, 2.45) is 0 Å². The van der Waals surface area contributed by atoms with Crippen molar-refractivity contribution in [3.05, 3.63) is 59.6 Å². The topological polar surface area (TPSA) is 64.7 Å². The minimum atomic E-state index is -0.357. The van der Waals surface area contributed by atoms with Gasteiger partial charge in [-0.1, -0.05) is 17.7 Å². The monoisotopic (exact) mass is 358 g/mol. The van der Waals surface area contributed by atoms with Crippen molar-refractivity contribution in [3.63, 3.8) is 0 Å². The summed E-state index contributed by atoms with van der Waals surface area (Å²) in [6, 6.07) is 11.5. The minimum absolute atomic E-state index is 0.300. The highest BCUT2D eigenvalue weighted by molar-refractivity contribution is 7.99. The first kappa shape index (κ1) is 15.0. The lowest BCUT2D eigenvalue weighted by atomic mass is 10.2. The van der Waals surface area contributed by atoms with E-state index in [2.05, 4.69) is 20.2 Å². The summed E-state index contributed by atoms with van der Waals surface area (Å²) < 4.78 is 19.1. The summed E-state index contributed by atoms with van der Waals surface area (Å²) >= 11 is 7.12. The fourth-order valence-corrected chi connectivity index (χ4v) is 3.09. The molecule has 0 bridgehead atoms. The molecule has 0 unspecified atom stereocenters. The largest absolute Gasteiger partial charge is 0.411 e. The molecule has 4 rings (SSSR count). The zero-order valence-electron chi connectivity index (χ0n) is 12.0. The molecule has 0 radical (unpaired) electrons. The van der Waals surface area contributed by atoms with E-state index in [0.717, 1.165) is 17.3 Å². The molecule has 24 heavy (non-hydrogen) atoms. The van der Waals surface area contributed by atoms with Crippen molar-refractivity contribution in [1.29, 1.82) is 0 Å². The van der Waals surface area contributed by atoms with Crippen LogP contribution in [0.25, 0.3) is 22.4 Å². The molecule has 0 amide bonds. The molecule has 118 valence electrons. The maximum Gasteiger partial charge on any atom is 0.283 e. The number of benzene rings is 2. The standard InChI is InChI=1S/C16H8ClFN4OS/c17-10-3-1-2-9(6-10)14-21-22-16(23-14)24-15-12-7-11(18)4-5-13(12)19-8-20-15/h1-8H. The van der Waals surface area contributed by atoms with E-state index >= 15 is 0 Å². The molecular formula is C16H8ClFN4OS. The molecule has 2 aromatic heterocycles. The van der Waals surface area contributed by atoms with Gasteiger partial charge in [0.2, 0.25) is 5.89 Å². The average molecular weight is 359 g/mol. The third-order valence-corrected chi connectivity index (χ3v) is 4.32. The van der Waals surface area contributed by atoms with Crippen LogP contribution in [-0.4, -0.2) is 20.2 Å². The Hall–Kier alpha value is -2.51. The first-order chi connectivity index (χ1) is 11.7. The van der Waals surface area contributed by atoms with Crippen molar-refractivity contribution in [1.82, 2.24) is 20.2 Å². The number of aromatic nitrogens is 4. The van der Waals surface area contributed by atoms with Crippen LogP contribution in [0.2, 0.25) is 5.02 Å². The van der Waals surface area contributed by atoms with Gasteiger partial charge in [-0.15, -0.1) is 10.2 Å². The summed E-state index contributed by atoms with van der Waals surface area (Å²) in [6.45, 7) is 0. The molecule has 4 aromatic rings. The van der Waals surface area contributed by atoms with Crippen LogP contribution in [0.15, 0.2) is 63.5 Å². The molecule has 0 atom stereocenters. The van der Waals surface area contributed by atoms with Crippen LogP contribution in [0.3, 0.4) is 0 Å². The van der Waals surface area contributed by atoms with Gasteiger partial charge in [0, 0.05) is 16.0 Å². The third kappa shape index (κ3) is 2.95. The lowest BCUT2D eigenvalue weighted by Crippen LogP contribution is -1.88. The van der Waals surface area contributed by atoms with Crippen LogP contribution in [0.4, 0.5) is 4.39 Å². The molecule has 8 heteroatoms. The summed E-state index contributed by atoms with van der Waals surface area (Å²) in [4.78, 5) is 8.29. The van der Waals surface area contributed by atoms with Gasteiger partial charge < -0.3 is 4.42 Å². The van der Waals surface area contributed by atoms with E-state index in [1.165, 1.54) is 18.5 Å². The number of halogens is 2. The second kappa shape index (κ2) is 6.18. The van der Waals surface area contributed by atoms with E-state index in [4.69, 9.17) is 16.0 Å². The molecule has 0 spiro atoms. The Morgan fingerprint density at radius 3 is 2.83 bits per heavy atom. The highest BCUT2D eigenvalue weighted by Crippen LogP contribution is 2.32. The fraction of sp³-hybridized carbons (Fsp3) is 0. The number of fused-ring (bicyclic) bond motifs is 1. The molecule has 0 N–H and O–H groups in total. The van der Waals surface area contributed by atoms with Gasteiger partial charge in [-0.05, 0) is 48.2 Å². The fourth-order valence-electron chi connectivity index (χ4n) is 2.16. The lowest BCUT2D eigenvalue weighted by molar-refractivity contribution is 0.465. The average Bonchev–Trinajstić information content (AvgIpc) is 3.04. The Balaban J connectivity index is 1.68. The van der Waals surface area contributed by atoms with Gasteiger partial charge in [0.1, 0.15) is 17.2 Å². The molecule has 2 heterocycles. The molecule has 0 saturated heterocycles. The van der Waals surface area contributed by atoms with Crippen LogP contribution in [0.5, 0.6) is 0 Å². The highest BCUT2D eigenvalue weighted by Gasteiger charge is 2.13. The number of hydrogen-bond donors (Lipinski definition) is 0. The van der Waals surface area contributed by atoms with E-state index in [1.807, 2.05) is 6.07 Å². The summed E-state index contributed by atoms with van der Waals surface area (Å²) in [6.07, 6.45) is 1.41. The lowest BCUT2D eigenvalue weighted by Gasteiger charge is -2.01. The smallest absolute Gasteiger partial charge is 0.283 e. The zero-order valence-corrected chi connectivity index (χ0v) is 13.6. The van der Waals surface area contributed by atoms with E-state index < -0.39 is 0 Å². The Bertz CT molecular complexity index is 1040. The van der Waals surface area contributed by atoms with Crippen molar-refractivity contribution in [2.75, 3.05) is 0 Å². The van der Waals surface area contributed by atoms with Gasteiger partial charge in [0.25, 0.3) is 5.22 Å². The van der Waals surface area contributed by atoms with E-state index in [-0.39, 0.29) is 5.82 Å². The van der Waals surface area contributed by atoms with Gasteiger partial charge in [0.15, 0.2) is 0 Å². The molecule has 5 nitrogen and oxygen atoms in total. The molecule has 0 saturated carbocycles. The van der Waals surface area contributed by atoms with Crippen molar-refractivity contribution < 1.29 is 8.81 Å². The normalized spacial score (nSPS) is 11.1. The number of hydrogen-bond acceptors (Lipinski definition) is 6. The first-order valence-corrected chi connectivity index (χ1v) is 8.06. The van der Waals surface area contributed by atoms with Gasteiger partial charge in [-0.3, -0.25) is 0 Å². The van der Waals surface area contributed by atoms with Crippen LogP contribution in [-0.2, 0) is 0 Å². The maximum absolute atomic E-state index is 13.5. The third-order valence-electron chi connectivity index (χ3n) is 3.22. The Labute approximate surface area is 144 Å². The van der Waals surface area contributed by atoms with Gasteiger partial charge in [-0.25, -0.2) is 14.4 Å². The SMILES string of the molecule is Fc1ccc2ncnc(Sc3nnc(-c4cccc(Cl)c4)o3)c2c1.